The number of aryl methyl sites for hydroxylation is 3. The van der Waals surface area contributed by atoms with Crippen molar-refractivity contribution in [2.45, 2.75) is 20.8 Å². The second-order valence-electron chi connectivity index (χ2n) is 6.23. The minimum atomic E-state index is -0.173. The van der Waals surface area contributed by atoms with E-state index in [0.717, 1.165) is 38.3 Å². The van der Waals surface area contributed by atoms with E-state index < -0.39 is 0 Å². The van der Waals surface area contributed by atoms with E-state index >= 15 is 0 Å². The summed E-state index contributed by atoms with van der Waals surface area (Å²) in [4.78, 5) is 23.4. The van der Waals surface area contributed by atoms with E-state index in [1.54, 1.807) is 28.7 Å². The molecule has 0 saturated heterocycles. The fraction of sp³-hybridized carbons (Fsp3) is 0.150. The Bertz CT molecular complexity index is 1150. The molecule has 0 saturated carbocycles. The Morgan fingerprint density at radius 2 is 1.93 bits per heavy atom. The molecule has 0 aliphatic carbocycles. The molecule has 4 aromatic rings. The van der Waals surface area contributed by atoms with E-state index in [9.17, 15) is 4.79 Å². The summed E-state index contributed by atoms with van der Waals surface area (Å²) in [5.74, 6) is -0.173. The van der Waals surface area contributed by atoms with Gasteiger partial charge in [0.2, 0.25) is 5.91 Å². The van der Waals surface area contributed by atoms with Crippen LogP contribution in [0.15, 0.2) is 41.9 Å². The first-order valence-corrected chi connectivity index (χ1v) is 10.2. The number of hydrogen-bond acceptors (Lipinski definition) is 5. The lowest BCUT2D eigenvalue weighted by Crippen LogP contribution is -2.07. The molecule has 0 radical (unpaired) electrons. The second kappa shape index (κ2) is 7.09. The molecule has 0 unspecified atom stereocenters. The minimum absolute atomic E-state index is 0.173. The van der Waals surface area contributed by atoms with Crippen molar-refractivity contribution in [3.05, 3.63) is 63.2 Å². The van der Waals surface area contributed by atoms with Gasteiger partial charge in [-0.25, -0.2) is 9.97 Å². The average molecular weight is 395 g/mol. The van der Waals surface area contributed by atoms with Gasteiger partial charge in [-0.05, 0) is 39.0 Å². The predicted molar refractivity (Wildman–Crippen MR) is 112 cm³/mol. The fourth-order valence-electron chi connectivity index (χ4n) is 2.84. The van der Waals surface area contributed by atoms with Crippen molar-refractivity contribution in [1.82, 2.24) is 14.4 Å². The minimum Gasteiger partial charge on any atom is -0.323 e. The summed E-state index contributed by atoms with van der Waals surface area (Å²) in [6.07, 6.45) is 5.39. The lowest BCUT2D eigenvalue weighted by Gasteiger charge is -2.03. The molecule has 0 atom stereocenters. The van der Waals surface area contributed by atoms with Crippen LogP contribution in [0.2, 0.25) is 0 Å². The molecule has 0 spiro atoms. The van der Waals surface area contributed by atoms with Crippen LogP contribution in [-0.4, -0.2) is 20.3 Å². The van der Waals surface area contributed by atoms with E-state index in [0.29, 0.717) is 0 Å². The van der Waals surface area contributed by atoms with E-state index in [1.807, 2.05) is 67.1 Å². The van der Waals surface area contributed by atoms with Gasteiger partial charge in [0.15, 0.2) is 4.96 Å². The van der Waals surface area contributed by atoms with Gasteiger partial charge in [0.25, 0.3) is 0 Å². The van der Waals surface area contributed by atoms with Gasteiger partial charge in [-0.2, -0.15) is 0 Å². The molecule has 0 fully saturated rings. The molecule has 27 heavy (non-hydrogen) atoms. The molecule has 0 aliphatic rings. The van der Waals surface area contributed by atoms with Crippen molar-refractivity contribution < 1.29 is 4.79 Å². The zero-order chi connectivity index (χ0) is 19.0. The highest BCUT2D eigenvalue weighted by Crippen LogP contribution is 2.24. The maximum atomic E-state index is 12.3. The Balaban J connectivity index is 1.47. The number of hydrogen-bond donors (Lipinski definition) is 1. The summed E-state index contributed by atoms with van der Waals surface area (Å²) in [5.41, 5.74) is 4.59. The Kier molecular flexibility index (Phi) is 4.63. The third-order valence-electron chi connectivity index (χ3n) is 4.12. The van der Waals surface area contributed by atoms with Crippen LogP contribution in [0.3, 0.4) is 0 Å². The average Bonchev–Trinajstić information content (AvgIpc) is 3.28. The van der Waals surface area contributed by atoms with Gasteiger partial charge in [0.05, 0.1) is 22.1 Å². The SMILES string of the molecule is Cc1cn2c(/C=C/C(=O)Nc3ccc(-c4csc(C)n4)cc3)c(C)nc2s1. The predicted octanol–water partition coefficient (Wildman–Crippen LogP) is 5.10. The summed E-state index contributed by atoms with van der Waals surface area (Å²) in [6.45, 7) is 5.99. The molecule has 0 aliphatic heterocycles. The number of fused-ring (bicyclic) bond motifs is 1. The Morgan fingerprint density at radius 3 is 2.63 bits per heavy atom. The van der Waals surface area contributed by atoms with Gasteiger partial charge in [0.1, 0.15) is 0 Å². The van der Waals surface area contributed by atoms with Gasteiger partial charge < -0.3 is 5.32 Å². The fourth-order valence-corrected chi connectivity index (χ4v) is 4.34. The summed E-state index contributed by atoms with van der Waals surface area (Å²) in [6, 6.07) is 7.71. The van der Waals surface area contributed by atoms with Crippen molar-refractivity contribution >= 4 is 45.3 Å². The number of amides is 1. The number of carbonyl (C=O) groups is 1. The van der Waals surface area contributed by atoms with E-state index in [1.165, 1.54) is 4.88 Å². The van der Waals surface area contributed by atoms with E-state index in [2.05, 4.69) is 15.3 Å². The molecule has 0 bridgehead atoms. The number of carbonyl (C=O) groups excluding carboxylic acids is 1. The van der Waals surface area contributed by atoms with Gasteiger partial charge >= 0.3 is 0 Å². The zero-order valence-electron chi connectivity index (χ0n) is 15.2. The van der Waals surface area contributed by atoms with Crippen molar-refractivity contribution in [2.24, 2.45) is 0 Å². The lowest BCUT2D eigenvalue weighted by atomic mass is 10.1. The highest BCUT2D eigenvalue weighted by molar-refractivity contribution is 7.17. The van der Waals surface area contributed by atoms with E-state index in [-0.39, 0.29) is 5.91 Å². The highest BCUT2D eigenvalue weighted by atomic mass is 32.1. The van der Waals surface area contributed by atoms with Crippen LogP contribution in [0.4, 0.5) is 5.69 Å². The molecule has 3 heterocycles. The molecule has 3 aromatic heterocycles. The van der Waals surface area contributed by atoms with Crippen LogP contribution in [0.1, 0.15) is 21.3 Å². The molecule has 1 aromatic carbocycles. The van der Waals surface area contributed by atoms with Crippen molar-refractivity contribution in [2.75, 3.05) is 5.32 Å². The Hall–Kier alpha value is -2.77. The van der Waals surface area contributed by atoms with Crippen LogP contribution >= 0.6 is 22.7 Å². The first-order valence-electron chi connectivity index (χ1n) is 8.46. The number of thiazole rings is 2. The maximum absolute atomic E-state index is 12.3. The first-order chi connectivity index (χ1) is 13.0. The van der Waals surface area contributed by atoms with Crippen molar-refractivity contribution in [1.29, 1.82) is 0 Å². The monoisotopic (exact) mass is 394 g/mol. The summed E-state index contributed by atoms with van der Waals surface area (Å²) in [5, 5.41) is 5.96. The largest absolute Gasteiger partial charge is 0.323 e. The van der Waals surface area contributed by atoms with Gasteiger partial charge in [-0.15, -0.1) is 22.7 Å². The lowest BCUT2D eigenvalue weighted by molar-refractivity contribution is -0.111. The number of anilines is 1. The van der Waals surface area contributed by atoms with Crippen molar-refractivity contribution in [3.63, 3.8) is 0 Å². The molecule has 1 amide bonds. The number of nitrogens with zero attached hydrogens (tertiary/aromatic N) is 3. The Labute approximate surface area is 165 Å². The molecule has 136 valence electrons. The highest BCUT2D eigenvalue weighted by Gasteiger charge is 2.09. The standard InChI is InChI=1S/C20H18N4OS2/c1-12-10-24-18(13(2)21-20(24)27-12)8-9-19(25)23-16-6-4-15(5-7-16)17-11-26-14(3)22-17/h4-11H,1-3H3,(H,23,25)/b9-8+. The molecule has 1 N–H and O–H groups in total. The molecule has 5 nitrogen and oxygen atoms in total. The normalized spacial score (nSPS) is 11.5. The number of benzene rings is 1. The Morgan fingerprint density at radius 1 is 1.15 bits per heavy atom. The number of aromatic nitrogens is 3. The maximum Gasteiger partial charge on any atom is 0.248 e. The van der Waals surface area contributed by atoms with Crippen LogP contribution in [0.5, 0.6) is 0 Å². The molecule has 7 heteroatoms. The van der Waals surface area contributed by atoms with Crippen LogP contribution in [-0.2, 0) is 4.79 Å². The van der Waals surface area contributed by atoms with Gasteiger partial charge in [-0.1, -0.05) is 12.1 Å². The second-order valence-corrected chi connectivity index (χ2v) is 8.50. The summed E-state index contributed by atoms with van der Waals surface area (Å²) < 4.78 is 2.02. The quantitative estimate of drug-likeness (QED) is 0.490. The van der Waals surface area contributed by atoms with Gasteiger partial charge in [0, 0.05) is 33.8 Å². The van der Waals surface area contributed by atoms with Crippen LogP contribution in [0.25, 0.3) is 22.3 Å². The topological polar surface area (TPSA) is 59.3 Å². The summed E-state index contributed by atoms with van der Waals surface area (Å²) in [7, 11) is 0. The first kappa shape index (κ1) is 17.6. The summed E-state index contributed by atoms with van der Waals surface area (Å²) >= 11 is 3.26. The third kappa shape index (κ3) is 3.70. The van der Waals surface area contributed by atoms with Gasteiger partial charge in [-0.3, -0.25) is 9.20 Å². The van der Waals surface area contributed by atoms with E-state index in [4.69, 9.17) is 0 Å². The smallest absolute Gasteiger partial charge is 0.248 e. The number of nitrogens with one attached hydrogen (secondary N) is 1. The number of rotatable bonds is 4. The third-order valence-corrected chi connectivity index (χ3v) is 5.79. The molecular formula is C20H18N4OS2. The molecule has 4 rings (SSSR count). The molecular weight excluding hydrogens is 376 g/mol. The van der Waals surface area contributed by atoms with Crippen molar-refractivity contribution in [3.8, 4) is 11.3 Å². The zero-order valence-corrected chi connectivity index (χ0v) is 16.8. The number of imidazole rings is 1. The van der Waals surface area contributed by atoms with Crippen LogP contribution < -0.4 is 5.32 Å². The van der Waals surface area contributed by atoms with Crippen LogP contribution in [0, 0.1) is 20.8 Å².